The smallest absolute Gasteiger partial charge is 0.252 e. The Morgan fingerprint density at radius 2 is 1.88 bits per heavy atom. The van der Waals surface area contributed by atoms with E-state index in [2.05, 4.69) is 20.4 Å². The maximum absolute atomic E-state index is 12.5. The van der Waals surface area contributed by atoms with Crippen molar-refractivity contribution in [2.45, 2.75) is 36.0 Å². The van der Waals surface area contributed by atoms with E-state index < -0.39 is 0 Å². The van der Waals surface area contributed by atoms with E-state index in [0.29, 0.717) is 12.1 Å². The molecule has 3 heterocycles. The van der Waals surface area contributed by atoms with Gasteiger partial charge in [-0.1, -0.05) is 11.8 Å². The average molecular weight is 375 g/mol. The fraction of sp³-hybridized carbons (Fsp3) is 0.579. The van der Waals surface area contributed by atoms with Crippen molar-refractivity contribution in [3.05, 3.63) is 23.8 Å². The Balaban J connectivity index is 1.37. The molecule has 1 aromatic rings. The number of thioether (sulfide) groups is 1. The molecule has 4 rings (SSSR count). The average Bonchev–Trinajstić information content (AvgIpc) is 3.34. The van der Waals surface area contributed by atoms with Gasteiger partial charge < -0.3 is 15.5 Å². The Morgan fingerprint density at radius 3 is 2.65 bits per heavy atom. The lowest BCUT2D eigenvalue weighted by atomic mass is 10.2. The van der Waals surface area contributed by atoms with E-state index in [9.17, 15) is 9.59 Å². The molecule has 1 atom stereocenters. The van der Waals surface area contributed by atoms with Crippen molar-refractivity contribution < 1.29 is 9.59 Å². The van der Waals surface area contributed by atoms with Gasteiger partial charge in [0.05, 0.1) is 5.69 Å². The minimum atomic E-state index is -0.148. The zero-order valence-corrected chi connectivity index (χ0v) is 15.8. The normalized spacial score (nSPS) is 23.7. The van der Waals surface area contributed by atoms with E-state index in [0.717, 1.165) is 56.1 Å². The quantitative estimate of drug-likeness (QED) is 0.825. The number of amides is 2. The summed E-state index contributed by atoms with van der Waals surface area (Å²) in [4.78, 5) is 30.5. The molecule has 0 bridgehead atoms. The second kappa shape index (κ2) is 7.98. The first-order valence-corrected chi connectivity index (χ1v) is 10.4. The second-order valence-corrected chi connectivity index (χ2v) is 8.34. The summed E-state index contributed by atoms with van der Waals surface area (Å²) in [5, 5.41) is 5.83. The van der Waals surface area contributed by atoms with Gasteiger partial charge in [-0.2, -0.15) is 0 Å². The summed E-state index contributed by atoms with van der Waals surface area (Å²) < 4.78 is 0. The van der Waals surface area contributed by atoms with Crippen LogP contribution in [0.1, 0.15) is 36.0 Å². The first kappa shape index (κ1) is 17.8. The zero-order valence-electron chi connectivity index (χ0n) is 15.0. The van der Waals surface area contributed by atoms with Crippen LogP contribution in [-0.2, 0) is 4.79 Å². The molecule has 1 aromatic carbocycles. The van der Waals surface area contributed by atoms with Crippen molar-refractivity contribution in [3.8, 4) is 0 Å². The number of carbonyl (C=O) groups is 2. The molecule has 0 aliphatic carbocycles. The number of carbonyl (C=O) groups excluding carboxylic acids is 2. The van der Waals surface area contributed by atoms with Crippen LogP contribution in [0.5, 0.6) is 0 Å². The van der Waals surface area contributed by atoms with Gasteiger partial charge in [-0.25, -0.2) is 0 Å². The number of fused-ring (bicyclic) bond motifs is 1. The Kier molecular flexibility index (Phi) is 5.47. The van der Waals surface area contributed by atoms with E-state index in [1.807, 2.05) is 12.1 Å². The number of rotatable bonds is 5. The predicted molar refractivity (Wildman–Crippen MR) is 104 cm³/mol. The van der Waals surface area contributed by atoms with Gasteiger partial charge in [0.25, 0.3) is 11.8 Å². The lowest BCUT2D eigenvalue weighted by Crippen LogP contribution is -2.42. The number of hydrogen-bond acceptors (Lipinski definition) is 5. The molecule has 3 aliphatic rings. The summed E-state index contributed by atoms with van der Waals surface area (Å²) in [6.07, 6.45) is 4.84. The first-order chi connectivity index (χ1) is 12.7. The largest absolute Gasteiger partial charge is 0.351 e. The summed E-state index contributed by atoms with van der Waals surface area (Å²) in [6.45, 7) is 5.80. The summed E-state index contributed by atoms with van der Waals surface area (Å²) in [5.41, 5.74) is 1.35. The minimum absolute atomic E-state index is 0.0241. The zero-order chi connectivity index (χ0) is 17.9. The van der Waals surface area contributed by atoms with Gasteiger partial charge in [-0.05, 0) is 70.1 Å². The Labute approximate surface area is 158 Å². The van der Waals surface area contributed by atoms with Gasteiger partial charge >= 0.3 is 0 Å². The molecule has 3 aliphatic heterocycles. The van der Waals surface area contributed by atoms with Gasteiger partial charge in [0, 0.05) is 23.5 Å². The molecule has 0 spiro atoms. The highest BCUT2D eigenvalue weighted by molar-refractivity contribution is 8.00. The van der Waals surface area contributed by atoms with Gasteiger partial charge in [0.15, 0.2) is 0 Å². The molecular weight excluding hydrogens is 348 g/mol. The Bertz CT molecular complexity index is 684. The Hall–Kier alpha value is -1.57. The van der Waals surface area contributed by atoms with E-state index in [-0.39, 0.29) is 17.2 Å². The molecule has 2 amide bonds. The van der Waals surface area contributed by atoms with Crippen LogP contribution in [-0.4, -0.2) is 66.3 Å². The predicted octanol–water partition coefficient (Wildman–Crippen LogP) is 1.98. The summed E-state index contributed by atoms with van der Waals surface area (Å²) >= 11 is 1.59. The fourth-order valence-electron chi connectivity index (χ4n) is 3.89. The third-order valence-corrected chi connectivity index (χ3v) is 6.69. The van der Waals surface area contributed by atoms with E-state index >= 15 is 0 Å². The summed E-state index contributed by atoms with van der Waals surface area (Å²) in [5.74, 6) is -0.0519. The topological polar surface area (TPSA) is 64.7 Å². The van der Waals surface area contributed by atoms with Crippen LogP contribution < -0.4 is 10.6 Å². The van der Waals surface area contributed by atoms with Gasteiger partial charge in [0.2, 0.25) is 0 Å². The molecular formula is C19H26N4O2S. The van der Waals surface area contributed by atoms with Crippen LogP contribution in [0, 0.1) is 0 Å². The van der Waals surface area contributed by atoms with Crippen molar-refractivity contribution in [1.29, 1.82) is 0 Å². The molecule has 7 heteroatoms. The van der Waals surface area contributed by atoms with Crippen molar-refractivity contribution in [1.82, 2.24) is 15.1 Å². The lowest BCUT2D eigenvalue weighted by molar-refractivity contribution is -0.118. The number of hydrogen-bond donors (Lipinski definition) is 2. The molecule has 2 saturated heterocycles. The van der Waals surface area contributed by atoms with Gasteiger partial charge in [-0.3, -0.25) is 14.5 Å². The molecule has 2 N–H and O–H groups in total. The minimum Gasteiger partial charge on any atom is -0.351 e. The molecule has 0 radical (unpaired) electrons. The summed E-state index contributed by atoms with van der Waals surface area (Å²) in [6, 6.07) is 5.61. The lowest BCUT2D eigenvalue weighted by Gasteiger charge is -2.30. The molecule has 6 nitrogen and oxygen atoms in total. The van der Waals surface area contributed by atoms with Crippen LogP contribution in [0.15, 0.2) is 23.1 Å². The standard InChI is InChI=1S/C19H26N4O2S/c24-17(20-7-12-22-8-1-2-9-22)14-5-6-16-15(13-14)21-18(25)19(26-16)23-10-3-4-11-23/h5-6,13,19H,1-4,7-12H2,(H,20,24)(H,21,25). The van der Waals surface area contributed by atoms with Crippen LogP contribution in [0.3, 0.4) is 0 Å². The maximum Gasteiger partial charge on any atom is 0.252 e. The van der Waals surface area contributed by atoms with E-state index in [1.165, 1.54) is 12.8 Å². The molecule has 1 unspecified atom stereocenters. The first-order valence-electron chi connectivity index (χ1n) is 9.57. The number of likely N-dealkylation sites (tertiary alicyclic amines) is 2. The maximum atomic E-state index is 12.5. The van der Waals surface area contributed by atoms with Crippen LogP contribution in [0.2, 0.25) is 0 Å². The number of anilines is 1. The molecule has 140 valence electrons. The van der Waals surface area contributed by atoms with Crippen molar-refractivity contribution in [2.24, 2.45) is 0 Å². The van der Waals surface area contributed by atoms with Crippen LogP contribution >= 0.6 is 11.8 Å². The number of nitrogens with zero attached hydrogens (tertiary/aromatic N) is 2. The van der Waals surface area contributed by atoms with E-state index in [1.54, 1.807) is 17.8 Å². The number of nitrogens with one attached hydrogen (secondary N) is 2. The highest BCUT2D eigenvalue weighted by atomic mass is 32.2. The van der Waals surface area contributed by atoms with Crippen molar-refractivity contribution in [2.75, 3.05) is 44.6 Å². The Morgan fingerprint density at radius 1 is 1.15 bits per heavy atom. The third-order valence-electron chi connectivity index (χ3n) is 5.35. The third kappa shape index (κ3) is 3.89. The highest BCUT2D eigenvalue weighted by Crippen LogP contribution is 2.38. The monoisotopic (exact) mass is 374 g/mol. The van der Waals surface area contributed by atoms with Crippen molar-refractivity contribution in [3.63, 3.8) is 0 Å². The van der Waals surface area contributed by atoms with Crippen LogP contribution in [0.4, 0.5) is 5.69 Å². The van der Waals surface area contributed by atoms with E-state index in [4.69, 9.17) is 0 Å². The SMILES string of the molecule is O=C(NCCN1CCCC1)c1ccc2c(c1)NC(=O)C(N1CCCC1)S2. The van der Waals surface area contributed by atoms with Crippen molar-refractivity contribution >= 4 is 29.3 Å². The fourth-order valence-corrected chi connectivity index (χ4v) is 5.04. The van der Waals surface area contributed by atoms with Gasteiger partial charge in [-0.15, -0.1) is 0 Å². The molecule has 0 saturated carbocycles. The van der Waals surface area contributed by atoms with Gasteiger partial charge in [0.1, 0.15) is 5.37 Å². The molecule has 26 heavy (non-hydrogen) atoms. The number of benzene rings is 1. The van der Waals surface area contributed by atoms with Crippen LogP contribution in [0.25, 0.3) is 0 Å². The second-order valence-electron chi connectivity index (χ2n) is 7.22. The molecule has 0 aromatic heterocycles. The summed E-state index contributed by atoms with van der Waals surface area (Å²) in [7, 11) is 0. The molecule has 2 fully saturated rings. The highest BCUT2D eigenvalue weighted by Gasteiger charge is 2.33.